The Labute approximate surface area is 102 Å². The average molecular weight is 223 g/mol. The van der Waals surface area contributed by atoms with Crippen LogP contribution in [0.1, 0.15) is 16.7 Å². The van der Waals surface area contributed by atoms with E-state index in [0.29, 0.717) is 0 Å². The predicted octanol–water partition coefficient (Wildman–Crippen LogP) is 2.95. The van der Waals surface area contributed by atoms with Crippen LogP contribution < -0.4 is 5.73 Å². The molecule has 86 valence electrons. The molecule has 0 amide bonds. The van der Waals surface area contributed by atoms with E-state index in [-0.39, 0.29) is 0 Å². The molecule has 0 spiro atoms. The lowest BCUT2D eigenvalue weighted by atomic mass is 9.83. The van der Waals surface area contributed by atoms with Gasteiger partial charge in [-0.05, 0) is 53.6 Å². The Morgan fingerprint density at radius 2 is 1.71 bits per heavy atom. The number of fused-ring (bicyclic) bond motifs is 3. The van der Waals surface area contributed by atoms with Crippen molar-refractivity contribution >= 4 is 0 Å². The fraction of sp³-hybridized carbons (Fsp3) is 0.250. The van der Waals surface area contributed by atoms with Gasteiger partial charge in [0.15, 0.2) is 0 Å². The van der Waals surface area contributed by atoms with Crippen LogP contribution in [0.25, 0.3) is 11.1 Å². The zero-order chi connectivity index (χ0) is 11.7. The van der Waals surface area contributed by atoms with Gasteiger partial charge in [-0.3, -0.25) is 0 Å². The van der Waals surface area contributed by atoms with Crippen molar-refractivity contribution in [1.82, 2.24) is 0 Å². The van der Waals surface area contributed by atoms with E-state index in [2.05, 4.69) is 42.5 Å². The van der Waals surface area contributed by atoms with Crippen molar-refractivity contribution < 1.29 is 0 Å². The monoisotopic (exact) mass is 223 g/mol. The predicted molar refractivity (Wildman–Crippen MR) is 72.0 cm³/mol. The number of aryl methyl sites for hydroxylation is 1. The van der Waals surface area contributed by atoms with Gasteiger partial charge >= 0.3 is 0 Å². The molecule has 0 saturated heterocycles. The minimum atomic E-state index is 0.734. The van der Waals surface area contributed by atoms with Crippen molar-refractivity contribution in [3.8, 4) is 11.1 Å². The highest BCUT2D eigenvalue weighted by Gasteiger charge is 2.17. The summed E-state index contributed by atoms with van der Waals surface area (Å²) in [6, 6.07) is 15.4. The summed E-state index contributed by atoms with van der Waals surface area (Å²) >= 11 is 0. The van der Waals surface area contributed by atoms with E-state index in [4.69, 9.17) is 5.73 Å². The maximum absolute atomic E-state index is 5.69. The number of rotatable bonds is 2. The molecule has 2 N–H and O–H groups in total. The molecule has 3 rings (SSSR count). The maximum Gasteiger partial charge on any atom is -0.00366 e. The Morgan fingerprint density at radius 3 is 2.59 bits per heavy atom. The first-order chi connectivity index (χ1) is 8.40. The van der Waals surface area contributed by atoms with Crippen LogP contribution in [-0.4, -0.2) is 6.54 Å². The summed E-state index contributed by atoms with van der Waals surface area (Å²) in [5.74, 6) is 0. The molecule has 0 aromatic heterocycles. The molecule has 0 saturated carbocycles. The quantitative estimate of drug-likeness (QED) is 0.832. The van der Waals surface area contributed by atoms with Gasteiger partial charge in [0.05, 0.1) is 0 Å². The molecule has 1 heteroatoms. The van der Waals surface area contributed by atoms with Crippen molar-refractivity contribution in [1.29, 1.82) is 0 Å². The number of nitrogens with two attached hydrogens (primary N) is 1. The first kappa shape index (κ1) is 10.5. The minimum Gasteiger partial charge on any atom is -0.330 e. The normalized spacial score (nSPS) is 13.0. The van der Waals surface area contributed by atoms with E-state index >= 15 is 0 Å². The van der Waals surface area contributed by atoms with Crippen LogP contribution in [0.2, 0.25) is 0 Å². The van der Waals surface area contributed by atoms with E-state index in [0.717, 1.165) is 25.8 Å². The van der Waals surface area contributed by atoms with Crippen molar-refractivity contribution in [2.75, 3.05) is 6.54 Å². The van der Waals surface area contributed by atoms with Gasteiger partial charge in [-0.25, -0.2) is 0 Å². The van der Waals surface area contributed by atoms with Gasteiger partial charge in [-0.1, -0.05) is 42.5 Å². The van der Waals surface area contributed by atoms with Gasteiger partial charge in [0.2, 0.25) is 0 Å². The Morgan fingerprint density at radius 1 is 0.882 bits per heavy atom. The van der Waals surface area contributed by atoms with Crippen LogP contribution in [0.5, 0.6) is 0 Å². The van der Waals surface area contributed by atoms with Crippen LogP contribution in [0.15, 0.2) is 42.5 Å². The van der Waals surface area contributed by atoms with Crippen LogP contribution >= 0.6 is 0 Å². The van der Waals surface area contributed by atoms with Crippen molar-refractivity contribution in [3.05, 3.63) is 59.2 Å². The Kier molecular flexibility index (Phi) is 2.69. The molecule has 0 unspecified atom stereocenters. The SMILES string of the molecule is NCCc1cccc2c1CCc1ccccc1-2. The summed E-state index contributed by atoms with van der Waals surface area (Å²) < 4.78 is 0. The largest absolute Gasteiger partial charge is 0.330 e. The van der Waals surface area contributed by atoms with Crippen LogP contribution in [-0.2, 0) is 19.3 Å². The second kappa shape index (κ2) is 4.34. The second-order valence-corrected chi connectivity index (χ2v) is 4.64. The van der Waals surface area contributed by atoms with E-state index in [1.54, 1.807) is 0 Å². The molecular weight excluding hydrogens is 206 g/mol. The van der Waals surface area contributed by atoms with E-state index in [1.807, 2.05) is 0 Å². The summed E-state index contributed by atoms with van der Waals surface area (Å²) in [6.07, 6.45) is 3.30. The highest BCUT2D eigenvalue weighted by atomic mass is 14.5. The lowest BCUT2D eigenvalue weighted by Crippen LogP contribution is -2.10. The first-order valence-electron chi connectivity index (χ1n) is 6.29. The Hall–Kier alpha value is -1.60. The van der Waals surface area contributed by atoms with Crippen molar-refractivity contribution in [2.24, 2.45) is 5.73 Å². The fourth-order valence-electron chi connectivity index (χ4n) is 2.83. The molecule has 0 fully saturated rings. The molecule has 0 radical (unpaired) electrons. The third kappa shape index (κ3) is 1.77. The van der Waals surface area contributed by atoms with E-state index in [1.165, 1.54) is 27.8 Å². The molecule has 0 atom stereocenters. The minimum absolute atomic E-state index is 0.734. The summed E-state index contributed by atoms with van der Waals surface area (Å²) in [6.45, 7) is 0.734. The molecule has 0 aliphatic heterocycles. The topological polar surface area (TPSA) is 26.0 Å². The molecule has 2 aromatic rings. The van der Waals surface area contributed by atoms with E-state index < -0.39 is 0 Å². The molecule has 1 nitrogen and oxygen atoms in total. The summed E-state index contributed by atoms with van der Waals surface area (Å²) in [7, 11) is 0. The zero-order valence-electron chi connectivity index (χ0n) is 9.95. The van der Waals surface area contributed by atoms with Crippen molar-refractivity contribution in [2.45, 2.75) is 19.3 Å². The van der Waals surface area contributed by atoms with E-state index in [9.17, 15) is 0 Å². The van der Waals surface area contributed by atoms with Crippen molar-refractivity contribution in [3.63, 3.8) is 0 Å². The third-order valence-electron chi connectivity index (χ3n) is 3.64. The molecule has 0 bridgehead atoms. The first-order valence-corrected chi connectivity index (χ1v) is 6.29. The van der Waals surface area contributed by atoms with Gasteiger partial charge in [0, 0.05) is 0 Å². The smallest absolute Gasteiger partial charge is 0.00366 e. The Balaban J connectivity index is 2.17. The Bertz CT molecular complexity index is 543. The van der Waals surface area contributed by atoms with Gasteiger partial charge in [-0.15, -0.1) is 0 Å². The molecular formula is C16H17N. The van der Waals surface area contributed by atoms with Crippen LogP contribution in [0, 0.1) is 0 Å². The van der Waals surface area contributed by atoms with Gasteiger partial charge in [0.25, 0.3) is 0 Å². The average Bonchev–Trinajstić information content (AvgIpc) is 2.39. The standard InChI is InChI=1S/C16H17N/c17-11-10-13-5-3-7-16-14-6-2-1-4-12(14)8-9-15(13)16/h1-7H,8-11,17H2. The summed E-state index contributed by atoms with van der Waals surface area (Å²) in [4.78, 5) is 0. The molecule has 2 aromatic carbocycles. The van der Waals surface area contributed by atoms with Crippen LogP contribution in [0.3, 0.4) is 0 Å². The van der Waals surface area contributed by atoms with Gasteiger partial charge < -0.3 is 5.73 Å². The molecule has 17 heavy (non-hydrogen) atoms. The molecule has 1 aliphatic rings. The molecule has 0 heterocycles. The molecule has 1 aliphatic carbocycles. The lowest BCUT2D eigenvalue weighted by Gasteiger charge is -2.22. The van der Waals surface area contributed by atoms with Gasteiger partial charge in [-0.2, -0.15) is 0 Å². The van der Waals surface area contributed by atoms with Gasteiger partial charge in [0.1, 0.15) is 0 Å². The van der Waals surface area contributed by atoms with Crippen LogP contribution in [0.4, 0.5) is 0 Å². The summed E-state index contributed by atoms with van der Waals surface area (Å²) in [5.41, 5.74) is 12.9. The summed E-state index contributed by atoms with van der Waals surface area (Å²) in [5, 5.41) is 0. The number of hydrogen-bond acceptors (Lipinski definition) is 1. The third-order valence-corrected chi connectivity index (χ3v) is 3.64. The fourth-order valence-corrected chi connectivity index (χ4v) is 2.83. The number of hydrogen-bond donors (Lipinski definition) is 1. The highest BCUT2D eigenvalue weighted by Crippen LogP contribution is 2.34. The lowest BCUT2D eigenvalue weighted by molar-refractivity contribution is 0.888. The highest BCUT2D eigenvalue weighted by molar-refractivity contribution is 5.74. The zero-order valence-corrected chi connectivity index (χ0v) is 9.95. The second-order valence-electron chi connectivity index (χ2n) is 4.64. The maximum atomic E-state index is 5.69. The number of benzene rings is 2.